The second-order valence-corrected chi connectivity index (χ2v) is 3.00. The molecule has 0 saturated carbocycles. The molecule has 0 N–H and O–H groups in total. The Kier molecular flexibility index (Phi) is 7.66. The van der Waals surface area contributed by atoms with Crippen LogP contribution in [0.1, 0.15) is 46.0 Å². The molecule has 0 nitrogen and oxygen atoms in total. The summed E-state index contributed by atoms with van der Waals surface area (Å²) in [7, 11) is 0. The molecule has 0 aliphatic rings. The normalized spacial score (nSPS) is 11.6. The summed E-state index contributed by atoms with van der Waals surface area (Å²) in [5, 5.41) is 0. The SMILES string of the molecule is [CH2]CCCC=CC(CC)CC. The molecule has 0 heterocycles. The molecule has 0 atom stereocenters. The first-order chi connectivity index (χ1) is 5.35. The second-order valence-electron chi connectivity index (χ2n) is 3.00. The zero-order valence-corrected chi connectivity index (χ0v) is 7.97. The molecule has 0 aromatic heterocycles. The third kappa shape index (κ3) is 6.15. The lowest BCUT2D eigenvalue weighted by Crippen LogP contribution is -1.89. The lowest BCUT2D eigenvalue weighted by Gasteiger charge is -2.04. The van der Waals surface area contributed by atoms with Gasteiger partial charge in [0, 0.05) is 0 Å². The molecule has 0 fully saturated rings. The Morgan fingerprint density at radius 2 is 1.91 bits per heavy atom. The van der Waals surface area contributed by atoms with Crippen LogP contribution in [0.2, 0.25) is 0 Å². The minimum absolute atomic E-state index is 0.805. The number of allylic oxidation sites excluding steroid dienone is 2. The third-order valence-corrected chi connectivity index (χ3v) is 2.08. The molecule has 0 rings (SSSR count). The largest absolute Gasteiger partial charge is 0.0883 e. The van der Waals surface area contributed by atoms with Gasteiger partial charge in [-0.2, -0.15) is 0 Å². The molecule has 0 heteroatoms. The molecule has 0 unspecified atom stereocenters. The summed E-state index contributed by atoms with van der Waals surface area (Å²) in [6.45, 7) is 8.31. The van der Waals surface area contributed by atoms with Crippen LogP contribution in [0.15, 0.2) is 12.2 Å². The molecule has 0 spiro atoms. The Morgan fingerprint density at radius 1 is 1.27 bits per heavy atom. The third-order valence-electron chi connectivity index (χ3n) is 2.08. The van der Waals surface area contributed by atoms with Gasteiger partial charge in [0.05, 0.1) is 0 Å². The predicted octanol–water partition coefficient (Wildman–Crippen LogP) is 3.98. The summed E-state index contributed by atoms with van der Waals surface area (Å²) in [5.41, 5.74) is 0. The van der Waals surface area contributed by atoms with Crippen molar-refractivity contribution in [3.05, 3.63) is 19.1 Å². The van der Waals surface area contributed by atoms with E-state index in [1.807, 2.05) is 0 Å². The molecule has 11 heavy (non-hydrogen) atoms. The lowest BCUT2D eigenvalue weighted by atomic mass is 10.0. The van der Waals surface area contributed by atoms with Crippen LogP contribution in [-0.2, 0) is 0 Å². The van der Waals surface area contributed by atoms with E-state index in [2.05, 4.69) is 32.9 Å². The highest BCUT2D eigenvalue weighted by Gasteiger charge is 1.94. The van der Waals surface area contributed by atoms with E-state index in [4.69, 9.17) is 0 Å². The maximum atomic E-state index is 3.81. The highest BCUT2D eigenvalue weighted by Crippen LogP contribution is 2.09. The summed E-state index contributed by atoms with van der Waals surface area (Å²) >= 11 is 0. The zero-order valence-electron chi connectivity index (χ0n) is 7.97. The van der Waals surface area contributed by atoms with Crippen LogP contribution in [0.4, 0.5) is 0 Å². The van der Waals surface area contributed by atoms with E-state index in [0.717, 1.165) is 12.3 Å². The summed E-state index contributed by atoms with van der Waals surface area (Å²) < 4.78 is 0. The lowest BCUT2D eigenvalue weighted by molar-refractivity contribution is 0.603. The first-order valence-corrected chi connectivity index (χ1v) is 4.81. The molecule has 0 aromatic rings. The van der Waals surface area contributed by atoms with E-state index in [1.165, 1.54) is 25.7 Å². The van der Waals surface area contributed by atoms with Crippen LogP contribution in [0, 0.1) is 12.8 Å². The van der Waals surface area contributed by atoms with Crippen molar-refractivity contribution in [2.45, 2.75) is 46.0 Å². The van der Waals surface area contributed by atoms with Crippen LogP contribution in [0.5, 0.6) is 0 Å². The van der Waals surface area contributed by atoms with Crippen LogP contribution >= 0.6 is 0 Å². The van der Waals surface area contributed by atoms with Gasteiger partial charge in [0.15, 0.2) is 0 Å². The Bertz CT molecular complexity index is 88.2. The smallest absolute Gasteiger partial charge is 0.0239 e. The zero-order chi connectivity index (χ0) is 8.53. The van der Waals surface area contributed by atoms with Crippen molar-refractivity contribution in [2.75, 3.05) is 0 Å². The van der Waals surface area contributed by atoms with Crippen molar-refractivity contribution in [3.63, 3.8) is 0 Å². The van der Waals surface area contributed by atoms with Crippen LogP contribution in [0.3, 0.4) is 0 Å². The van der Waals surface area contributed by atoms with E-state index in [-0.39, 0.29) is 0 Å². The number of hydrogen-bond donors (Lipinski definition) is 0. The molecule has 0 aliphatic carbocycles. The van der Waals surface area contributed by atoms with Crippen molar-refractivity contribution >= 4 is 0 Å². The monoisotopic (exact) mass is 153 g/mol. The van der Waals surface area contributed by atoms with E-state index in [1.54, 1.807) is 0 Å². The van der Waals surface area contributed by atoms with Gasteiger partial charge in [-0.1, -0.05) is 39.3 Å². The molecular weight excluding hydrogens is 132 g/mol. The minimum Gasteiger partial charge on any atom is -0.0883 e. The average molecular weight is 153 g/mol. The van der Waals surface area contributed by atoms with E-state index in [9.17, 15) is 0 Å². The van der Waals surface area contributed by atoms with Gasteiger partial charge in [-0.25, -0.2) is 0 Å². The van der Waals surface area contributed by atoms with Gasteiger partial charge in [-0.15, -0.1) is 0 Å². The first-order valence-electron chi connectivity index (χ1n) is 4.81. The maximum absolute atomic E-state index is 3.81. The molecular formula is C11H21. The van der Waals surface area contributed by atoms with E-state index < -0.39 is 0 Å². The van der Waals surface area contributed by atoms with Crippen molar-refractivity contribution in [2.24, 2.45) is 5.92 Å². The fourth-order valence-corrected chi connectivity index (χ4v) is 1.11. The quantitative estimate of drug-likeness (QED) is 0.400. The van der Waals surface area contributed by atoms with Crippen molar-refractivity contribution in [1.29, 1.82) is 0 Å². The van der Waals surface area contributed by atoms with Gasteiger partial charge in [-0.3, -0.25) is 0 Å². The fraction of sp³-hybridized carbons (Fsp3) is 0.727. The molecule has 0 aliphatic heterocycles. The van der Waals surface area contributed by atoms with Crippen LogP contribution in [0.25, 0.3) is 0 Å². The molecule has 0 aromatic carbocycles. The van der Waals surface area contributed by atoms with Gasteiger partial charge in [0.25, 0.3) is 0 Å². The Morgan fingerprint density at radius 3 is 2.36 bits per heavy atom. The standard InChI is InChI=1S/C11H21/c1-4-7-8-9-10-11(5-2)6-3/h9-11H,1,4-8H2,2-3H3. The van der Waals surface area contributed by atoms with Gasteiger partial charge < -0.3 is 0 Å². The van der Waals surface area contributed by atoms with Crippen molar-refractivity contribution in [3.8, 4) is 0 Å². The number of hydrogen-bond acceptors (Lipinski definition) is 0. The summed E-state index contributed by atoms with van der Waals surface area (Å²) in [4.78, 5) is 0. The van der Waals surface area contributed by atoms with E-state index in [0.29, 0.717) is 0 Å². The highest BCUT2D eigenvalue weighted by atomic mass is 14.0. The Hall–Kier alpha value is -0.260. The highest BCUT2D eigenvalue weighted by molar-refractivity contribution is 4.87. The fourth-order valence-electron chi connectivity index (χ4n) is 1.11. The van der Waals surface area contributed by atoms with E-state index >= 15 is 0 Å². The molecule has 0 bridgehead atoms. The van der Waals surface area contributed by atoms with Crippen LogP contribution in [-0.4, -0.2) is 0 Å². The predicted molar refractivity (Wildman–Crippen MR) is 52.4 cm³/mol. The summed E-state index contributed by atoms with van der Waals surface area (Å²) in [5.74, 6) is 0.805. The van der Waals surface area contributed by atoms with Crippen molar-refractivity contribution in [1.82, 2.24) is 0 Å². The molecule has 0 saturated heterocycles. The average Bonchev–Trinajstić information content (AvgIpc) is 2.05. The maximum Gasteiger partial charge on any atom is -0.0239 e. The minimum atomic E-state index is 0.805. The Balaban J connectivity index is 3.36. The van der Waals surface area contributed by atoms with Gasteiger partial charge in [0.1, 0.15) is 0 Å². The van der Waals surface area contributed by atoms with Gasteiger partial charge in [0.2, 0.25) is 0 Å². The first kappa shape index (κ1) is 10.7. The van der Waals surface area contributed by atoms with Gasteiger partial charge >= 0.3 is 0 Å². The summed E-state index contributed by atoms with van der Waals surface area (Å²) in [6, 6.07) is 0. The van der Waals surface area contributed by atoms with Gasteiger partial charge in [-0.05, 0) is 31.6 Å². The number of unbranched alkanes of at least 4 members (excludes halogenated alkanes) is 2. The topological polar surface area (TPSA) is 0 Å². The molecule has 65 valence electrons. The van der Waals surface area contributed by atoms with Crippen molar-refractivity contribution < 1.29 is 0 Å². The Labute approximate surface area is 71.7 Å². The number of rotatable bonds is 6. The molecule has 1 radical (unpaired) electrons. The summed E-state index contributed by atoms with van der Waals surface area (Å²) in [6.07, 6.45) is 10.7. The van der Waals surface area contributed by atoms with Crippen LogP contribution < -0.4 is 0 Å². The molecule has 0 amide bonds. The second kappa shape index (κ2) is 7.84.